The molecule has 9 heteroatoms. The van der Waals surface area contributed by atoms with Crippen LogP contribution in [0, 0.1) is 5.41 Å². The fraction of sp³-hybridized carbons (Fsp3) is 0.562. The number of benzene rings is 1. The molecular formula is C16H22ClF3N2O3. The average molecular weight is 383 g/mol. The molecule has 142 valence electrons. The number of halogens is 4. The Morgan fingerprint density at radius 1 is 1.28 bits per heavy atom. The Balaban J connectivity index is 0.00000312. The van der Waals surface area contributed by atoms with E-state index < -0.39 is 18.2 Å². The maximum atomic E-state index is 12.5. The highest BCUT2D eigenvalue weighted by atomic mass is 35.5. The third kappa shape index (κ3) is 6.05. The molecule has 1 amide bonds. The molecule has 1 aliphatic heterocycles. The number of nitrogens with one attached hydrogen (secondary N) is 1. The molecule has 0 radical (unpaired) electrons. The normalized spacial score (nSPS) is 16.6. The van der Waals surface area contributed by atoms with Crippen LogP contribution in [0.4, 0.5) is 13.2 Å². The highest BCUT2D eigenvalue weighted by molar-refractivity contribution is 5.85. The lowest BCUT2D eigenvalue weighted by Crippen LogP contribution is -2.49. The molecule has 2 rings (SSSR count). The van der Waals surface area contributed by atoms with Gasteiger partial charge in [0.15, 0.2) is 6.61 Å². The zero-order valence-corrected chi connectivity index (χ0v) is 14.4. The Labute approximate surface area is 150 Å². The van der Waals surface area contributed by atoms with Crippen LogP contribution in [-0.2, 0) is 16.1 Å². The lowest BCUT2D eigenvalue weighted by atomic mass is 9.79. The number of hydrogen-bond acceptors (Lipinski definition) is 4. The largest absolute Gasteiger partial charge is 0.484 e. The first-order chi connectivity index (χ1) is 11.4. The molecule has 0 spiro atoms. The van der Waals surface area contributed by atoms with Gasteiger partial charge in [-0.25, -0.2) is 0 Å². The van der Waals surface area contributed by atoms with Gasteiger partial charge < -0.3 is 20.5 Å². The Hall–Kier alpha value is -1.51. The Morgan fingerprint density at radius 2 is 1.92 bits per heavy atom. The summed E-state index contributed by atoms with van der Waals surface area (Å²) in [6.45, 7) is -0.155. The SMILES string of the molecule is Cl.NCC1(C(=O)NCc2ccccc2OCC(F)(F)F)CCOCC1. The van der Waals surface area contributed by atoms with Crippen LogP contribution in [0.5, 0.6) is 5.75 Å². The molecule has 0 atom stereocenters. The van der Waals surface area contributed by atoms with Gasteiger partial charge in [0.2, 0.25) is 5.91 Å². The van der Waals surface area contributed by atoms with E-state index >= 15 is 0 Å². The second-order valence-electron chi connectivity index (χ2n) is 5.79. The van der Waals surface area contributed by atoms with Crippen LogP contribution in [0.25, 0.3) is 0 Å². The van der Waals surface area contributed by atoms with Crippen LogP contribution in [0.1, 0.15) is 18.4 Å². The number of amides is 1. The lowest BCUT2D eigenvalue weighted by Gasteiger charge is -2.34. The van der Waals surface area contributed by atoms with E-state index in [1.165, 1.54) is 6.07 Å². The number of nitrogens with two attached hydrogens (primary N) is 1. The summed E-state index contributed by atoms with van der Waals surface area (Å²) in [5, 5.41) is 2.76. The van der Waals surface area contributed by atoms with Crippen molar-refractivity contribution in [3.8, 4) is 5.75 Å². The van der Waals surface area contributed by atoms with Gasteiger partial charge in [0.05, 0.1) is 5.41 Å². The predicted octanol–water partition coefficient (Wildman–Crippen LogP) is 2.42. The van der Waals surface area contributed by atoms with E-state index in [0.29, 0.717) is 31.6 Å². The van der Waals surface area contributed by atoms with Gasteiger partial charge in [-0.3, -0.25) is 4.79 Å². The van der Waals surface area contributed by atoms with E-state index in [0.717, 1.165) is 0 Å². The summed E-state index contributed by atoms with van der Waals surface area (Å²) in [6.07, 6.45) is -3.36. The zero-order chi connectivity index (χ0) is 17.6. The molecule has 1 aromatic rings. The number of para-hydroxylation sites is 1. The third-order valence-electron chi connectivity index (χ3n) is 4.13. The van der Waals surface area contributed by atoms with Crippen molar-refractivity contribution in [2.24, 2.45) is 11.1 Å². The first-order valence-corrected chi connectivity index (χ1v) is 7.70. The molecule has 5 nitrogen and oxygen atoms in total. The van der Waals surface area contributed by atoms with Crippen molar-refractivity contribution in [3.63, 3.8) is 0 Å². The number of carbonyl (C=O) groups is 1. The highest BCUT2D eigenvalue weighted by Crippen LogP contribution is 2.30. The van der Waals surface area contributed by atoms with E-state index in [1.807, 2.05) is 0 Å². The van der Waals surface area contributed by atoms with Crippen molar-refractivity contribution < 1.29 is 27.4 Å². The molecule has 1 aromatic carbocycles. The fourth-order valence-corrected chi connectivity index (χ4v) is 2.60. The van der Waals surface area contributed by atoms with Gasteiger partial charge in [0.1, 0.15) is 5.75 Å². The van der Waals surface area contributed by atoms with E-state index in [-0.39, 0.29) is 37.2 Å². The van der Waals surface area contributed by atoms with E-state index in [1.54, 1.807) is 18.2 Å². The quantitative estimate of drug-likeness (QED) is 0.792. The van der Waals surface area contributed by atoms with Crippen molar-refractivity contribution in [1.29, 1.82) is 0 Å². The van der Waals surface area contributed by atoms with Gasteiger partial charge in [0, 0.05) is 31.9 Å². The third-order valence-corrected chi connectivity index (χ3v) is 4.13. The molecule has 1 heterocycles. The summed E-state index contributed by atoms with van der Waals surface area (Å²) in [6, 6.07) is 6.32. The van der Waals surface area contributed by atoms with Crippen molar-refractivity contribution in [1.82, 2.24) is 5.32 Å². The summed E-state index contributed by atoms with van der Waals surface area (Å²) >= 11 is 0. The summed E-state index contributed by atoms with van der Waals surface area (Å²) in [4.78, 5) is 12.5. The second kappa shape index (κ2) is 9.26. The van der Waals surface area contributed by atoms with Gasteiger partial charge in [-0.15, -0.1) is 12.4 Å². The van der Waals surface area contributed by atoms with Gasteiger partial charge in [-0.05, 0) is 18.9 Å². The summed E-state index contributed by atoms with van der Waals surface area (Å²) in [7, 11) is 0. The second-order valence-corrected chi connectivity index (χ2v) is 5.79. The van der Waals surface area contributed by atoms with Gasteiger partial charge in [-0.2, -0.15) is 13.2 Å². The Bertz CT molecular complexity index is 564. The number of ether oxygens (including phenoxy) is 2. The number of rotatable bonds is 6. The van der Waals surface area contributed by atoms with Gasteiger partial charge in [-0.1, -0.05) is 18.2 Å². The molecule has 0 aromatic heterocycles. The van der Waals surface area contributed by atoms with Crippen molar-refractivity contribution in [3.05, 3.63) is 29.8 Å². The molecule has 1 fully saturated rings. The maximum absolute atomic E-state index is 12.5. The molecule has 1 saturated heterocycles. The van der Waals surface area contributed by atoms with Crippen LogP contribution in [0.3, 0.4) is 0 Å². The smallest absolute Gasteiger partial charge is 0.422 e. The van der Waals surface area contributed by atoms with Crippen LogP contribution in [0.2, 0.25) is 0 Å². The Morgan fingerprint density at radius 3 is 2.52 bits per heavy atom. The monoisotopic (exact) mass is 382 g/mol. The van der Waals surface area contributed by atoms with Crippen molar-refractivity contribution in [2.75, 3.05) is 26.4 Å². The van der Waals surface area contributed by atoms with Crippen molar-refractivity contribution in [2.45, 2.75) is 25.6 Å². The molecule has 0 saturated carbocycles. The number of hydrogen-bond donors (Lipinski definition) is 2. The minimum atomic E-state index is -4.41. The molecular weight excluding hydrogens is 361 g/mol. The molecule has 0 unspecified atom stereocenters. The van der Waals surface area contributed by atoms with E-state index in [2.05, 4.69) is 5.32 Å². The number of carbonyl (C=O) groups excluding carboxylic acids is 1. The summed E-state index contributed by atoms with van der Waals surface area (Å²) in [5.74, 6) is -0.108. The van der Waals surface area contributed by atoms with Gasteiger partial charge >= 0.3 is 6.18 Å². The van der Waals surface area contributed by atoms with Crippen LogP contribution in [0.15, 0.2) is 24.3 Å². The minimum Gasteiger partial charge on any atom is -0.484 e. The summed E-state index contributed by atoms with van der Waals surface area (Å²) < 4.78 is 47.0. The van der Waals surface area contributed by atoms with E-state index in [4.69, 9.17) is 15.2 Å². The maximum Gasteiger partial charge on any atom is 0.422 e. The van der Waals surface area contributed by atoms with Gasteiger partial charge in [0.25, 0.3) is 0 Å². The first-order valence-electron chi connectivity index (χ1n) is 7.70. The first kappa shape index (κ1) is 21.5. The fourth-order valence-electron chi connectivity index (χ4n) is 2.60. The minimum absolute atomic E-state index is 0. The summed E-state index contributed by atoms with van der Waals surface area (Å²) in [5.41, 5.74) is 5.57. The lowest BCUT2D eigenvalue weighted by molar-refractivity contribution is -0.153. The van der Waals surface area contributed by atoms with Crippen LogP contribution < -0.4 is 15.8 Å². The standard InChI is InChI=1S/C16H21F3N2O3.ClH/c17-16(18,19)11-24-13-4-2-1-3-12(13)9-21-14(22)15(10-20)5-7-23-8-6-15;/h1-4H,5-11,20H2,(H,21,22);1H. The van der Waals surface area contributed by atoms with E-state index in [9.17, 15) is 18.0 Å². The number of alkyl halides is 3. The molecule has 0 bridgehead atoms. The predicted molar refractivity (Wildman–Crippen MR) is 88.6 cm³/mol. The zero-order valence-electron chi connectivity index (χ0n) is 13.6. The van der Waals surface area contributed by atoms with Crippen LogP contribution in [-0.4, -0.2) is 38.4 Å². The molecule has 25 heavy (non-hydrogen) atoms. The highest BCUT2D eigenvalue weighted by Gasteiger charge is 2.38. The molecule has 1 aliphatic rings. The average Bonchev–Trinajstić information content (AvgIpc) is 2.58. The molecule has 3 N–H and O–H groups in total. The van der Waals surface area contributed by atoms with Crippen molar-refractivity contribution >= 4 is 18.3 Å². The Kier molecular flexibility index (Phi) is 7.98. The topological polar surface area (TPSA) is 73.6 Å². The molecule has 0 aliphatic carbocycles. The van der Waals surface area contributed by atoms with Crippen LogP contribution >= 0.6 is 12.4 Å².